The molecule has 8 heteroatoms. The topological polar surface area (TPSA) is 82.2 Å². The third-order valence-electron chi connectivity index (χ3n) is 4.92. The number of carbonyl (C=O) groups excluding carboxylic acids is 1. The van der Waals surface area contributed by atoms with Crippen molar-refractivity contribution in [2.24, 2.45) is 0 Å². The highest BCUT2D eigenvalue weighted by molar-refractivity contribution is 7.99. The molecule has 2 aromatic heterocycles. The van der Waals surface area contributed by atoms with E-state index in [2.05, 4.69) is 15.5 Å². The Morgan fingerprint density at radius 2 is 2.15 bits per heavy atom. The minimum Gasteiger partial charge on any atom is -0.461 e. The van der Waals surface area contributed by atoms with Gasteiger partial charge in [-0.15, -0.1) is 10.2 Å². The highest BCUT2D eigenvalue weighted by atomic mass is 32.2. The average molecular weight is 376 g/mol. The number of hydrogen-bond acceptors (Lipinski definition) is 6. The second-order valence-electron chi connectivity index (χ2n) is 6.87. The third kappa shape index (κ3) is 4.12. The number of carbonyl (C=O) groups is 1. The zero-order valence-electron chi connectivity index (χ0n) is 14.7. The lowest BCUT2D eigenvalue weighted by Crippen LogP contribution is -2.33. The first kappa shape index (κ1) is 17.6. The number of nitrogens with zero attached hydrogens (tertiary/aromatic N) is 3. The van der Waals surface area contributed by atoms with E-state index in [-0.39, 0.29) is 12.0 Å². The minimum atomic E-state index is 0.0631. The molecule has 1 saturated carbocycles. The Bertz CT molecular complexity index is 719. The molecule has 3 heterocycles. The van der Waals surface area contributed by atoms with Crippen LogP contribution in [0.3, 0.4) is 0 Å². The van der Waals surface area contributed by atoms with Crippen LogP contribution in [0.1, 0.15) is 38.5 Å². The number of nitrogens with one attached hydrogen (secondary N) is 1. The molecule has 4 rings (SSSR count). The first-order chi connectivity index (χ1) is 12.8. The predicted octanol–water partition coefficient (Wildman–Crippen LogP) is 2.87. The Balaban J connectivity index is 1.44. The second kappa shape index (κ2) is 8.26. The maximum Gasteiger partial charge on any atom is 0.230 e. The van der Waals surface area contributed by atoms with Gasteiger partial charge >= 0.3 is 0 Å². The van der Waals surface area contributed by atoms with Gasteiger partial charge in [-0.25, -0.2) is 0 Å². The zero-order valence-corrected chi connectivity index (χ0v) is 15.5. The molecule has 1 N–H and O–H groups in total. The minimum absolute atomic E-state index is 0.0631. The molecule has 2 fully saturated rings. The second-order valence-corrected chi connectivity index (χ2v) is 7.81. The van der Waals surface area contributed by atoms with Crippen LogP contribution in [-0.2, 0) is 16.1 Å². The van der Waals surface area contributed by atoms with Crippen LogP contribution < -0.4 is 5.32 Å². The summed E-state index contributed by atoms with van der Waals surface area (Å²) in [5, 5.41) is 12.4. The smallest absolute Gasteiger partial charge is 0.230 e. The molecule has 0 unspecified atom stereocenters. The summed E-state index contributed by atoms with van der Waals surface area (Å²) in [4.78, 5) is 12.2. The number of ether oxygens (including phenoxy) is 1. The van der Waals surface area contributed by atoms with Gasteiger partial charge in [-0.05, 0) is 37.8 Å². The van der Waals surface area contributed by atoms with Gasteiger partial charge in [0, 0.05) is 12.6 Å². The Morgan fingerprint density at radius 3 is 2.88 bits per heavy atom. The van der Waals surface area contributed by atoms with E-state index in [4.69, 9.17) is 9.15 Å². The molecular formula is C18H24N4O3S. The van der Waals surface area contributed by atoms with Crippen LogP contribution in [0.4, 0.5) is 0 Å². The Morgan fingerprint density at radius 1 is 1.27 bits per heavy atom. The van der Waals surface area contributed by atoms with Gasteiger partial charge in [0.05, 0.1) is 24.7 Å². The SMILES string of the molecule is O=C(CSc1nnc(-c2ccco2)n1C[C@H]1CCCO1)NC1CCCC1. The summed E-state index contributed by atoms with van der Waals surface area (Å²) in [6, 6.07) is 4.05. The third-order valence-corrected chi connectivity index (χ3v) is 5.89. The van der Waals surface area contributed by atoms with Gasteiger partial charge in [0.1, 0.15) is 0 Å². The first-order valence-electron chi connectivity index (χ1n) is 9.30. The monoisotopic (exact) mass is 376 g/mol. The van der Waals surface area contributed by atoms with Crippen molar-refractivity contribution in [3.8, 4) is 11.6 Å². The van der Waals surface area contributed by atoms with Crippen molar-refractivity contribution in [1.29, 1.82) is 0 Å². The van der Waals surface area contributed by atoms with E-state index >= 15 is 0 Å². The standard InChI is InChI=1S/C18H24N4O3S/c23-16(19-13-5-1-2-6-13)12-26-18-21-20-17(15-8-4-10-25-15)22(18)11-14-7-3-9-24-14/h4,8,10,13-14H,1-3,5-7,9,11-12H2,(H,19,23)/t14-/m1/s1. The van der Waals surface area contributed by atoms with Crippen molar-refractivity contribution in [2.75, 3.05) is 12.4 Å². The van der Waals surface area contributed by atoms with Crippen molar-refractivity contribution >= 4 is 17.7 Å². The molecule has 0 radical (unpaired) electrons. The molecule has 0 spiro atoms. The van der Waals surface area contributed by atoms with Crippen LogP contribution in [0, 0.1) is 0 Å². The largest absolute Gasteiger partial charge is 0.461 e. The molecule has 140 valence electrons. The van der Waals surface area contributed by atoms with Crippen molar-refractivity contribution in [2.45, 2.75) is 62.4 Å². The molecule has 1 aliphatic heterocycles. The van der Waals surface area contributed by atoms with E-state index in [1.807, 2.05) is 16.7 Å². The fourth-order valence-corrected chi connectivity index (χ4v) is 4.37. The highest BCUT2D eigenvalue weighted by Crippen LogP contribution is 2.27. The van der Waals surface area contributed by atoms with Gasteiger partial charge in [0.2, 0.25) is 11.7 Å². The molecule has 7 nitrogen and oxygen atoms in total. The Hall–Kier alpha value is -1.80. The van der Waals surface area contributed by atoms with Gasteiger partial charge in [-0.3, -0.25) is 9.36 Å². The lowest BCUT2D eigenvalue weighted by atomic mass is 10.2. The van der Waals surface area contributed by atoms with Crippen LogP contribution >= 0.6 is 11.8 Å². The predicted molar refractivity (Wildman–Crippen MR) is 97.8 cm³/mol. The van der Waals surface area contributed by atoms with E-state index in [9.17, 15) is 4.79 Å². The van der Waals surface area contributed by atoms with Gasteiger partial charge in [-0.2, -0.15) is 0 Å². The summed E-state index contributed by atoms with van der Waals surface area (Å²) in [7, 11) is 0. The molecule has 0 bridgehead atoms. The molecule has 2 aliphatic rings. The summed E-state index contributed by atoms with van der Waals surface area (Å²) < 4.78 is 13.3. The number of amides is 1. The fourth-order valence-electron chi connectivity index (χ4n) is 3.61. The summed E-state index contributed by atoms with van der Waals surface area (Å²) >= 11 is 1.42. The molecule has 1 aliphatic carbocycles. The fraction of sp³-hybridized carbons (Fsp3) is 0.611. The van der Waals surface area contributed by atoms with Crippen LogP contribution in [0.15, 0.2) is 28.0 Å². The van der Waals surface area contributed by atoms with Crippen molar-refractivity contribution < 1.29 is 13.9 Å². The van der Waals surface area contributed by atoms with Crippen LogP contribution in [-0.4, -0.2) is 45.2 Å². The number of furan rings is 1. The molecule has 2 aromatic rings. The van der Waals surface area contributed by atoms with E-state index in [0.717, 1.165) is 37.4 Å². The molecule has 1 saturated heterocycles. The molecule has 26 heavy (non-hydrogen) atoms. The summed E-state index contributed by atoms with van der Waals surface area (Å²) in [6.45, 7) is 1.48. The Labute approximate surface area is 156 Å². The number of thioether (sulfide) groups is 1. The Kier molecular flexibility index (Phi) is 5.59. The molecule has 0 aromatic carbocycles. The summed E-state index contributed by atoms with van der Waals surface area (Å²) in [5.74, 6) is 1.77. The van der Waals surface area contributed by atoms with Crippen LogP contribution in [0.5, 0.6) is 0 Å². The van der Waals surface area contributed by atoms with Crippen molar-refractivity contribution in [3.63, 3.8) is 0 Å². The first-order valence-corrected chi connectivity index (χ1v) is 10.3. The van der Waals surface area contributed by atoms with Crippen LogP contribution in [0.2, 0.25) is 0 Å². The quantitative estimate of drug-likeness (QED) is 0.748. The zero-order chi connectivity index (χ0) is 17.8. The normalized spacial score (nSPS) is 20.7. The molecule has 1 atom stereocenters. The van der Waals surface area contributed by atoms with Crippen molar-refractivity contribution in [3.05, 3.63) is 18.4 Å². The number of rotatable bonds is 7. The lowest BCUT2D eigenvalue weighted by Gasteiger charge is -2.14. The summed E-state index contributed by atoms with van der Waals surface area (Å²) in [6.07, 6.45) is 8.49. The van der Waals surface area contributed by atoms with E-state index in [1.54, 1.807) is 6.26 Å². The van der Waals surface area contributed by atoms with Gasteiger partial charge < -0.3 is 14.5 Å². The van der Waals surface area contributed by atoms with Crippen molar-refractivity contribution in [1.82, 2.24) is 20.1 Å². The molecule has 1 amide bonds. The lowest BCUT2D eigenvalue weighted by molar-refractivity contribution is -0.119. The number of aromatic nitrogens is 3. The number of hydrogen-bond donors (Lipinski definition) is 1. The van der Waals surface area contributed by atoms with Crippen LogP contribution in [0.25, 0.3) is 11.6 Å². The van der Waals surface area contributed by atoms with E-state index in [1.165, 1.54) is 24.6 Å². The van der Waals surface area contributed by atoms with Gasteiger partial charge in [0.25, 0.3) is 0 Å². The average Bonchev–Trinajstić information content (AvgIpc) is 3.42. The maximum absolute atomic E-state index is 12.2. The van der Waals surface area contributed by atoms with E-state index < -0.39 is 0 Å². The van der Waals surface area contributed by atoms with Gasteiger partial charge in [0.15, 0.2) is 10.9 Å². The molecular weight excluding hydrogens is 352 g/mol. The van der Waals surface area contributed by atoms with Gasteiger partial charge in [-0.1, -0.05) is 24.6 Å². The van der Waals surface area contributed by atoms with E-state index in [0.29, 0.717) is 29.9 Å². The maximum atomic E-state index is 12.2. The summed E-state index contributed by atoms with van der Waals surface area (Å²) in [5.41, 5.74) is 0. The highest BCUT2D eigenvalue weighted by Gasteiger charge is 2.24.